The first kappa shape index (κ1) is 17.7. The van der Waals surface area contributed by atoms with E-state index in [1.54, 1.807) is 17.0 Å². The second kappa shape index (κ2) is 8.30. The zero-order chi connectivity index (χ0) is 18.4. The lowest BCUT2D eigenvalue weighted by Crippen LogP contribution is -2.36. The maximum atomic E-state index is 12.9. The Bertz CT molecular complexity index is 852. The topological polar surface area (TPSA) is 56.1 Å². The lowest BCUT2D eigenvalue weighted by molar-refractivity contribution is -0.114. The summed E-state index contributed by atoms with van der Waals surface area (Å²) in [5.41, 5.74) is 3.09. The van der Waals surface area contributed by atoms with E-state index in [9.17, 15) is 14.4 Å². The Hall–Kier alpha value is -3.13. The Morgan fingerprint density at radius 3 is 2.77 bits per heavy atom. The maximum Gasteiger partial charge on any atom is 0.270 e. The number of anilines is 1. The third-order valence-electron chi connectivity index (χ3n) is 4.42. The second-order valence-corrected chi connectivity index (χ2v) is 6.19. The normalized spacial score (nSPS) is 13.7. The number of fused-ring (bicyclic) bond motifs is 1. The van der Waals surface area contributed by atoms with Crippen molar-refractivity contribution in [3.8, 4) is 6.07 Å². The van der Waals surface area contributed by atoms with E-state index in [1.807, 2.05) is 30.3 Å². The molecule has 1 aliphatic heterocycles. The van der Waals surface area contributed by atoms with Crippen LogP contribution in [0.2, 0.25) is 0 Å². The van der Waals surface area contributed by atoms with Crippen molar-refractivity contribution in [1.29, 1.82) is 5.26 Å². The van der Waals surface area contributed by atoms with Gasteiger partial charge in [0, 0.05) is 25.0 Å². The number of carbonyl (C=O) groups excluding carboxylic acids is 1. The Kier molecular flexibility index (Phi) is 5.65. The van der Waals surface area contributed by atoms with Gasteiger partial charge in [-0.2, -0.15) is 5.26 Å². The van der Waals surface area contributed by atoms with Crippen molar-refractivity contribution in [1.82, 2.24) is 5.32 Å². The molecular formula is C21H20FN3O. The molecule has 0 aromatic heterocycles. The number of hydrogen-bond donors (Lipinski definition) is 1. The summed E-state index contributed by atoms with van der Waals surface area (Å²) in [4.78, 5) is 14.4. The van der Waals surface area contributed by atoms with Gasteiger partial charge < -0.3 is 10.2 Å². The fraction of sp³-hybridized carbons (Fsp3) is 0.238. The highest BCUT2D eigenvalue weighted by molar-refractivity contribution is 6.08. The predicted octanol–water partition coefficient (Wildman–Crippen LogP) is 3.34. The van der Waals surface area contributed by atoms with Gasteiger partial charge in [-0.05, 0) is 48.6 Å². The SMILES string of the molecule is N#C/C(=C/NCCc1ccc(F)cc1)C(=O)N1CCCc2ccccc21. The van der Waals surface area contributed by atoms with Gasteiger partial charge in [0.2, 0.25) is 0 Å². The maximum absolute atomic E-state index is 12.9. The third-order valence-corrected chi connectivity index (χ3v) is 4.42. The fourth-order valence-corrected chi connectivity index (χ4v) is 3.07. The quantitative estimate of drug-likeness (QED) is 0.512. The smallest absolute Gasteiger partial charge is 0.270 e. The highest BCUT2D eigenvalue weighted by Crippen LogP contribution is 2.27. The molecule has 1 aliphatic rings. The molecule has 1 heterocycles. The molecule has 0 saturated carbocycles. The van der Waals surface area contributed by atoms with Crippen molar-refractivity contribution in [2.24, 2.45) is 0 Å². The first-order valence-corrected chi connectivity index (χ1v) is 8.67. The van der Waals surface area contributed by atoms with Crippen molar-refractivity contribution in [2.75, 3.05) is 18.0 Å². The minimum absolute atomic E-state index is 0.0841. The van der Waals surface area contributed by atoms with Crippen LogP contribution in [0.3, 0.4) is 0 Å². The number of nitrogens with one attached hydrogen (secondary N) is 1. The number of nitriles is 1. The summed E-state index contributed by atoms with van der Waals surface area (Å²) >= 11 is 0. The zero-order valence-electron chi connectivity index (χ0n) is 14.4. The number of carbonyl (C=O) groups is 1. The molecule has 1 amide bonds. The molecule has 5 heteroatoms. The minimum Gasteiger partial charge on any atom is -0.389 e. The van der Waals surface area contributed by atoms with E-state index in [4.69, 9.17) is 0 Å². The largest absolute Gasteiger partial charge is 0.389 e. The minimum atomic E-state index is -0.283. The van der Waals surface area contributed by atoms with E-state index in [-0.39, 0.29) is 17.3 Å². The molecule has 1 N–H and O–H groups in total. The van der Waals surface area contributed by atoms with Gasteiger partial charge in [0.1, 0.15) is 17.5 Å². The van der Waals surface area contributed by atoms with E-state index < -0.39 is 0 Å². The Labute approximate surface area is 152 Å². The van der Waals surface area contributed by atoms with Crippen LogP contribution in [0, 0.1) is 17.1 Å². The van der Waals surface area contributed by atoms with Gasteiger partial charge >= 0.3 is 0 Å². The average molecular weight is 349 g/mol. The van der Waals surface area contributed by atoms with Crippen LogP contribution in [0.25, 0.3) is 0 Å². The van der Waals surface area contributed by atoms with Gasteiger partial charge in [-0.25, -0.2) is 4.39 Å². The summed E-state index contributed by atoms with van der Waals surface area (Å²) < 4.78 is 12.9. The summed E-state index contributed by atoms with van der Waals surface area (Å²) in [6, 6.07) is 16.1. The fourth-order valence-electron chi connectivity index (χ4n) is 3.07. The van der Waals surface area contributed by atoms with Crippen LogP contribution in [0.5, 0.6) is 0 Å². The molecular weight excluding hydrogens is 329 g/mol. The zero-order valence-corrected chi connectivity index (χ0v) is 14.4. The van der Waals surface area contributed by atoms with E-state index in [2.05, 4.69) is 5.32 Å². The highest BCUT2D eigenvalue weighted by atomic mass is 19.1. The van der Waals surface area contributed by atoms with Crippen molar-refractivity contribution >= 4 is 11.6 Å². The molecule has 0 atom stereocenters. The number of para-hydroxylation sites is 1. The van der Waals surface area contributed by atoms with Crippen LogP contribution in [0.1, 0.15) is 17.5 Å². The number of aryl methyl sites for hydroxylation is 1. The molecule has 26 heavy (non-hydrogen) atoms. The Balaban J connectivity index is 1.63. The van der Waals surface area contributed by atoms with Crippen molar-refractivity contribution in [2.45, 2.75) is 19.3 Å². The molecule has 2 aromatic carbocycles. The van der Waals surface area contributed by atoms with Gasteiger partial charge in [0.25, 0.3) is 5.91 Å². The summed E-state index contributed by atoms with van der Waals surface area (Å²) in [6.45, 7) is 1.17. The molecule has 0 spiro atoms. The van der Waals surface area contributed by atoms with E-state index >= 15 is 0 Å². The molecule has 132 valence electrons. The lowest BCUT2D eigenvalue weighted by Gasteiger charge is -2.29. The molecule has 0 radical (unpaired) electrons. The average Bonchev–Trinajstić information content (AvgIpc) is 2.68. The second-order valence-electron chi connectivity index (χ2n) is 6.19. The van der Waals surface area contributed by atoms with Crippen molar-refractivity contribution < 1.29 is 9.18 Å². The number of hydrogen-bond acceptors (Lipinski definition) is 3. The van der Waals surface area contributed by atoms with Crippen LogP contribution in [-0.2, 0) is 17.6 Å². The first-order valence-electron chi connectivity index (χ1n) is 8.67. The van der Waals surface area contributed by atoms with E-state index in [0.717, 1.165) is 29.7 Å². The molecule has 3 rings (SSSR count). The van der Waals surface area contributed by atoms with Crippen LogP contribution >= 0.6 is 0 Å². The van der Waals surface area contributed by atoms with Gasteiger partial charge in [0.15, 0.2) is 0 Å². The molecule has 0 fully saturated rings. The molecule has 0 saturated heterocycles. The number of rotatable bonds is 5. The van der Waals surface area contributed by atoms with E-state index in [0.29, 0.717) is 19.5 Å². The van der Waals surface area contributed by atoms with Gasteiger partial charge in [-0.1, -0.05) is 30.3 Å². The predicted molar refractivity (Wildman–Crippen MR) is 98.9 cm³/mol. The highest BCUT2D eigenvalue weighted by Gasteiger charge is 2.24. The number of amides is 1. The van der Waals surface area contributed by atoms with Crippen molar-refractivity contribution in [3.05, 3.63) is 77.2 Å². The number of nitrogens with zero attached hydrogens (tertiary/aromatic N) is 2. The standard InChI is InChI=1S/C21H20FN3O/c22-19-9-7-16(8-10-19)11-12-24-15-18(14-23)21(26)25-13-3-5-17-4-1-2-6-20(17)25/h1-2,4,6-10,15,24H,3,5,11-13H2/b18-15-. The van der Waals surface area contributed by atoms with Gasteiger partial charge in [-0.15, -0.1) is 0 Å². The summed E-state index contributed by atoms with van der Waals surface area (Å²) in [6.07, 6.45) is 3.99. The van der Waals surface area contributed by atoms with Crippen LogP contribution in [0.4, 0.5) is 10.1 Å². The molecule has 2 aromatic rings. The Morgan fingerprint density at radius 2 is 2.00 bits per heavy atom. The molecule has 4 nitrogen and oxygen atoms in total. The van der Waals surface area contributed by atoms with Gasteiger partial charge in [-0.3, -0.25) is 4.79 Å². The van der Waals surface area contributed by atoms with Crippen LogP contribution in [-0.4, -0.2) is 19.0 Å². The van der Waals surface area contributed by atoms with Crippen LogP contribution < -0.4 is 10.2 Å². The van der Waals surface area contributed by atoms with Crippen molar-refractivity contribution in [3.63, 3.8) is 0 Å². The third kappa shape index (κ3) is 4.09. The first-order chi connectivity index (χ1) is 12.7. The molecule has 0 aliphatic carbocycles. The Morgan fingerprint density at radius 1 is 1.23 bits per heavy atom. The molecule has 0 unspecified atom stereocenters. The van der Waals surface area contributed by atoms with Crippen LogP contribution in [0.15, 0.2) is 60.3 Å². The number of halogens is 1. The molecule has 0 bridgehead atoms. The lowest BCUT2D eigenvalue weighted by atomic mass is 10.0. The summed E-state index contributed by atoms with van der Waals surface area (Å²) in [5, 5.41) is 12.4. The summed E-state index contributed by atoms with van der Waals surface area (Å²) in [7, 11) is 0. The van der Waals surface area contributed by atoms with E-state index in [1.165, 1.54) is 18.3 Å². The number of benzene rings is 2. The monoisotopic (exact) mass is 349 g/mol. The van der Waals surface area contributed by atoms with Gasteiger partial charge in [0.05, 0.1) is 0 Å². The summed E-state index contributed by atoms with van der Waals surface area (Å²) in [5.74, 6) is -0.547.